The van der Waals surface area contributed by atoms with Crippen LogP contribution in [0.15, 0.2) is 0 Å². The zero-order chi connectivity index (χ0) is 12.8. The van der Waals surface area contributed by atoms with Gasteiger partial charge in [-0.2, -0.15) is 0 Å². The molecule has 0 radical (unpaired) electrons. The van der Waals surface area contributed by atoms with Gasteiger partial charge in [0.25, 0.3) is 0 Å². The SMILES string of the molecule is COC(=O)C(C)(N)CCCN(C)CC(C)C. The van der Waals surface area contributed by atoms with Crippen LogP contribution in [-0.2, 0) is 9.53 Å². The van der Waals surface area contributed by atoms with Gasteiger partial charge in [-0.15, -0.1) is 0 Å². The number of methoxy groups -OCH3 is 1. The topological polar surface area (TPSA) is 55.6 Å². The van der Waals surface area contributed by atoms with Crippen molar-refractivity contribution >= 4 is 5.97 Å². The molecule has 0 aliphatic carbocycles. The van der Waals surface area contributed by atoms with Crippen LogP contribution in [0.1, 0.15) is 33.6 Å². The van der Waals surface area contributed by atoms with Crippen LogP contribution in [0, 0.1) is 5.92 Å². The summed E-state index contributed by atoms with van der Waals surface area (Å²) in [6.07, 6.45) is 1.56. The van der Waals surface area contributed by atoms with Crippen LogP contribution in [0.3, 0.4) is 0 Å². The van der Waals surface area contributed by atoms with Gasteiger partial charge >= 0.3 is 5.97 Å². The number of esters is 1. The number of nitrogens with zero attached hydrogens (tertiary/aromatic N) is 1. The van der Waals surface area contributed by atoms with Crippen molar-refractivity contribution in [1.29, 1.82) is 0 Å². The average molecular weight is 230 g/mol. The van der Waals surface area contributed by atoms with Crippen LogP contribution >= 0.6 is 0 Å². The van der Waals surface area contributed by atoms with Crippen molar-refractivity contribution in [2.24, 2.45) is 11.7 Å². The van der Waals surface area contributed by atoms with E-state index in [2.05, 4.69) is 30.5 Å². The number of nitrogens with two attached hydrogens (primary N) is 1. The monoisotopic (exact) mass is 230 g/mol. The molecule has 0 spiro atoms. The Kier molecular flexibility index (Phi) is 6.60. The Labute approximate surface area is 99.1 Å². The van der Waals surface area contributed by atoms with Crippen LogP contribution in [0.5, 0.6) is 0 Å². The highest BCUT2D eigenvalue weighted by molar-refractivity contribution is 5.79. The summed E-state index contributed by atoms with van der Waals surface area (Å²) in [5.74, 6) is 0.328. The van der Waals surface area contributed by atoms with Crippen molar-refractivity contribution in [2.75, 3.05) is 27.2 Å². The van der Waals surface area contributed by atoms with Crippen LogP contribution in [0.2, 0.25) is 0 Å². The molecule has 0 amide bonds. The van der Waals surface area contributed by atoms with E-state index in [9.17, 15) is 4.79 Å². The molecular weight excluding hydrogens is 204 g/mol. The third-order valence-electron chi connectivity index (χ3n) is 2.56. The van der Waals surface area contributed by atoms with Crippen molar-refractivity contribution < 1.29 is 9.53 Å². The lowest BCUT2D eigenvalue weighted by Gasteiger charge is -2.24. The predicted molar refractivity (Wildman–Crippen MR) is 66.2 cm³/mol. The second-order valence-corrected chi connectivity index (χ2v) is 5.17. The van der Waals surface area contributed by atoms with Gasteiger partial charge in [0.1, 0.15) is 5.54 Å². The molecule has 0 aliphatic heterocycles. The lowest BCUT2D eigenvalue weighted by molar-refractivity contribution is -0.146. The molecular formula is C12H26N2O2. The van der Waals surface area contributed by atoms with Gasteiger partial charge in [-0.25, -0.2) is 0 Å². The minimum absolute atomic E-state index is 0.334. The molecule has 1 unspecified atom stereocenters. The quantitative estimate of drug-likeness (QED) is 0.669. The van der Waals surface area contributed by atoms with E-state index in [0.717, 1.165) is 19.5 Å². The molecule has 0 saturated carbocycles. The standard InChI is InChI=1S/C12H26N2O2/c1-10(2)9-14(4)8-6-7-12(3,13)11(15)16-5/h10H,6-9,13H2,1-5H3. The van der Waals surface area contributed by atoms with E-state index in [0.29, 0.717) is 12.3 Å². The number of hydrogen-bond acceptors (Lipinski definition) is 4. The minimum Gasteiger partial charge on any atom is -0.468 e. The molecule has 0 aromatic rings. The van der Waals surface area contributed by atoms with Gasteiger partial charge in [-0.1, -0.05) is 13.8 Å². The smallest absolute Gasteiger partial charge is 0.325 e. The first-order valence-corrected chi connectivity index (χ1v) is 5.85. The van der Waals surface area contributed by atoms with Gasteiger partial charge in [-0.3, -0.25) is 4.79 Å². The Hall–Kier alpha value is -0.610. The molecule has 0 fully saturated rings. The Morgan fingerprint density at radius 2 is 2.06 bits per heavy atom. The summed E-state index contributed by atoms with van der Waals surface area (Å²) in [5, 5.41) is 0. The Morgan fingerprint density at radius 1 is 1.50 bits per heavy atom. The second kappa shape index (κ2) is 6.86. The normalized spacial score (nSPS) is 15.2. The van der Waals surface area contributed by atoms with E-state index in [1.807, 2.05) is 0 Å². The highest BCUT2D eigenvalue weighted by atomic mass is 16.5. The zero-order valence-corrected chi connectivity index (χ0v) is 11.2. The van der Waals surface area contributed by atoms with Crippen molar-refractivity contribution in [2.45, 2.75) is 39.2 Å². The van der Waals surface area contributed by atoms with Gasteiger partial charge < -0.3 is 15.4 Å². The highest BCUT2D eigenvalue weighted by Gasteiger charge is 2.28. The summed E-state index contributed by atoms with van der Waals surface area (Å²) >= 11 is 0. The van der Waals surface area contributed by atoms with Gasteiger partial charge in [-0.05, 0) is 39.3 Å². The zero-order valence-electron chi connectivity index (χ0n) is 11.2. The molecule has 0 aromatic carbocycles. The summed E-state index contributed by atoms with van der Waals surface area (Å²) in [6.45, 7) is 8.14. The van der Waals surface area contributed by atoms with Crippen molar-refractivity contribution in [3.63, 3.8) is 0 Å². The van der Waals surface area contributed by atoms with E-state index in [-0.39, 0.29) is 5.97 Å². The van der Waals surface area contributed by atoms with Crippen LogP contribution in [-0.4, -0.2) is 43.7 Å². The third kappa shape index (κ3) is 6.08. The van der Waals surface area contributed by atoms with Crippen LogP contribution < -0.4 is 5.73 Å². The number of ether oxygens (including phenoxy) is 1. The highest BCUT2D eigenvalue weighted by Crippen LogP contribution is 2.11. The van der Waals surface area contributed by atoms with E-state index < -0.39 is 5.54 Å². The van der Waals surface area contributed by atoms with E-state index in [4.69, 9.17) is 5.73 Å². The number of rotatable bonds is 7. The fraction of sp³-hybridized carbons (Fsp3) is 0.917. The van der Waals surface area contributed by atoms with Gasteiger partial charge in [0, 0.05) is 6.54 Å². The fourth-order valence-corrected chi connectivity index (χ4v) is 1.77. The third-order valence-corrected chi connectivity index (χ3v) is 2.56. The lowest BCUT2D eigenvalue weighted by atomic mass is 9.97. The lowest BCUT2D eigenvalue weighted by Crippen LogP contribution is -2.46. The molecule has 0 saturated heterocycles. The van der Waals surface area contributed by atoms with Gasteiger partial charge in [0.2, 0.25) is 0 Å². The summed E-state index contributed by atoms with van der Waals surface area (Å²) in [7, 11) is 3.46. The van der Waals surface area contributed by atoms with Crippen molar-refractivity contribution in [3.8, 4) is 0 Å². The first-order chi connectivity index (χ1) is 7.29. The van der Waals surface area contributed by atoms with Gasteiger partial charge in [0.15, 0.2) is 0 Å². The summed E-state index contributed by atoms with van der Waals surface area (Å²) < 4.78 is 4.66. The molecule has 1 atom stereocenters. The molecule has 0 aliphatic rings. The Bertz CT molecular complexity index is 215. The Balaban J connectivity index is 3.84. The molecule has 0 rings (SSSR count). The maximum Gasteiger partial charge on any atom is 0.325 e. The fourth-order valence-electron chi connectivity index (χ4n) is 1.77. The predicted octanol–water partition coefficient (Wildman–Crippen LogP) is 1.24. The molecule has 4 heteroatoms. The maximum atomic E-state index is 11.3. The van der Waals surface area contributed by atoms with E-state index in [1.54, 1.807) is 6.92 Å². The molecule has 16 heavy (non-hydrogen) atoms. The number of carbonyl (C=O) groups is 1. The minimum atomic E-state index is -0.854. The molecule has 4 nitrogen and oxygen atoms in total. The van der Waals surface area contributed by atoms with E-state index >= 15 is 0 Å². The van der Waals surface area contributed by atoms with Gasteiger partial charge in [0.05, 0.1) is 7.11 Å². The Morgan fingerprint density at radius 3 is 2.50 bits per heavy atom. The molecule has 2 N–H and O–H groups in total. The van der Waals surface area contributed by atoms with Crippen LogP contribution in [0.25, 0.3) is 0 Å². The van der Waals surface area contributed by atoms with Crippen molar-refractivity contribution in [3.05, 3.63) is 0 Å². The average Bonchev–Trinajstić information content (AvgIpc) is 2.14. The first-order valence-electron chi connectivity index (χ1n) is 5.85. The molecule has 0 bridgehead atoms. The largest absolute Gasteiger partial charge is 0.468 e. The first kappa shape index (κ1) is 15.4. The molecule has 0 heterocycles. The summed E-state index contributed by atoms with van der Waals surface area (Å²) in [6, 6.07) is 0. The number of hydrogen-bond donors (Lipinski definition) is 1. The van der Waals surface area contributed by atoms with Crippen LogP contribution in [0.4, 0.5) is 0 Å². The number of carbonyl (C=O) groups excluding carboxylic acids is 1. The maximum absolute atomic E-state index is 11.3. The second-order valence-electron chi connectivity index (χ2n) is 5.17. The van der Waals surface area contributed by atoms with Crippen molar-refractivity contribution in [1.82, 2.24) is 4.90 Å². The molecule has 0 aromatic heterocycles. The summed E-state index contributed by atoms with van der Waals surface area (Å²) in [4.78, 5) is 13.6. The summed E-state index contributed by atoms with van der Waals surface area (Å²) in [5.41, 5.74) is 5.01. The van der Waals surface area contributed by atoms with E-state index in [1.165, 1.54) is 7.11 Å². The molecule has 96 valence electrons.